The number of carbonyl (C=O) groups is 1. The van der Waals surface area contributed by atoms with Crippen LogP contribution in [-0.2, 0) is 4.79 Å². The maximum Gasteiger partial charge on any atom is 0.265 e. The highest BCUT2D eigenvalue weighted by atomic mass is 19.3. The topological polar surface area (TPSA) is 58.6 Å². The molecule has 0 saturated carbocycles. The summed E-state index contributed by atoms with van der Waals surface area (Å²) in [5, 5.41) is 11.0. The SMILES string of the molecule is Cc1ccc(OCC(=O)NCC(O)C(F)F)c(C)c1. The van der Waals surface area contributed by atoms with Crippen LogP contribution in [0.4, 0.5) is 8.78 Å². The van der Waals surface area contributed by atoms with Gasteiger partial charge in [-0.15, -0.1) is 0 Å². The summed E-state index contributed by atoms with van der Waals surface area (Å²) in [5.41, 5.74) is 1.97. The Labute approximate surface area is 110 Å². The maximum atomic E-state index is 12.0. The van der Waals surface area contributed by atoms with Crippen LogP contribution in [0.3, 0.4) is 0 Å². The zero-order chi connectivity index (χ0) is 14.4. The fourth-order valence-corrected chi connectivity index (χ4v) is 1.46. The number of hydrogen-bond acceptors (Lipinski definition) is 3. The van der Waals surface area contributed by atoms with Gasteiger partial charge in [-0.05, 0) is 25.5 Å². The second kappa shape index (κ2) is 7.04. The molecule has 0 fully saturated rings. The Morgan fingerprint density at radius 1 is 1.42 bits per heavy atom. The number of aryl methyl sites for hydroxylation is 2. The number of amides is 1. The van der Waals surface area contributed by atoms with Gasteiger partial charge in [-0.1, -0.05) is 17.7 Å². The Morgan fingerprint density at radius 2 is 2.11 bits per heavy atom. The largest absolute Gasteiger partial charge is 0.484 e. The minimum Gasteiger partial charge on any atom is -0.484 e. The first-order chi connectivity index (χ1) is 8.90. The van der Waals surface area contributed by atoms with E-state index in [4.69, 9.17) is 9.84 Å². The van der Waals surface area contributed by atoms with Crippen LogP contribution in [0.5, 0.6) is 5.75 Å². The van der Waals surface area contributed by atoms with Gasteiger partial charge in [0.15, 0.2) is 6.61 Å². The molecule has 1 aromatic rings. The third-order valence-electron chi connectivity index (χ3n) is 2.49. The van der Waals surface area contributed by atoms with E-state index in [9.17, 15) is 13.6 Å². The lowest BCUT2D eigenvalue weighted by molar-refractivity contribution is -0.124. The Morgan fingerprint density at radius 3 is 2.68 bits per heavy atom. The predicted octanol–water partition coefficient (Wildman–Crippen LogP) is 1.42. The lowest BCUT2D eigenvalue weighted by atomic mass is 10.1. The number of hydrogen-bond donors (Lipinski definition) is 2. The molecule has 106 valence electrons. The molecular weight excluding hydrogens is 256 g/mol. The summed E-state index contributed by atoms with van der Waals surface area (Å²) in [6.45, 7) is 3.02. The zero-order valence-electron chi connectivity index (χ0n) is 10.8. The highest BCUT2D eigenvalue weighted by molar-refractivity contribution is 5.77. The van der Waals surface area contributed by atoms with Gasteiger partial charge in [0.1, 0.15) is 11.9 Å². The van der Waals surface area contributed by atoms with Gasteiger partial charge < -0.3 is 15.2 Å². The molecule has 0 aliphatic heterocycles. The summed E-state index contributed by atoms with van der Waals surface area (Å²) in [6, 6.07) is 5.50. The summed E-state index contributed by atoms with van der Waals surface area (Å²) in [5.74, 6) is 0.00910. The molecule has 0 saturated heterocycles. The third kappa shape index (κ3) is 5.21. The van der Waals surface area contributed by atoms with Crippen LogP contribution < -0.4 is 10.1 Å². The Balaban J connectivity index is 2.38. The molecule has 6 heteroatoms. The fourth-order valence-electron chi connectivity index (χ4n) is 1.46. The average Bonchev–Trinajstić information content (AvgIpc) is 2.34. The highest BCUT2D eigenvalue weighted by Gasteiger charge is 2.17. The van der Waals surface area contributed by atoms with Gasteiger partial charge in [-0.3, -0.25) is 4.79 Å². The average molecular weight is 273 g/mol. The molecule has 0 aliphatic carbocycles. The monoisotopic (exact) mass is 273 g/mol. The second-order valence-electron chi connectivity index (χ2n) is 4.26. The zero-order valence-corrected chi connectivity index (χ0v) is 10.8. The summed E-state index contributed by atoms with van der Waals surface area (Å²) in [4.78, 5) is 11.3. The lowest BCUT2D eigenvalue weighted by Gasteiger charge is -2.12. The van der Waals surface area contributed by atoms with E-state index in [0.29, 0.717) is 5.75 Å². The van der Waals surface area contributed by atoms with Gasteiger partial charge in [-0.2, -0.15) is 0 Å². The van der Waals surface area contributed by atoms with Gasteiger partial charge in [0, 0.05) is 6.54 Å². The maximum absolute atomic E-state index is 12.0. The number of halogens is 2. The van der Waals surface area contributed by atoms with Crippen LogP contribution >= 0.6 is 0 Å². The van der Waals surface area contributed by atoms with Crippen molar-refractivity contribution >= 4 is 5.91 Å². The molecule has 2 N–H and O–H groups in total. The molecular formula is C13H17F2NO3. The molecule has 1 unspecified atom stereocenters. The van der Waals surface area contributed by atoms with Crippen LogP contribution in [0.2, 0.25) is 0 Å². The van der Waals surface area contributed by atoms with Gasteiger partial charge in [-0.25, -0.2) is 8.78 Å². The molecule has 19 heavy (non-hydrogen) atoms. The molecule has 0 spiro atoms. The molecule has 1 aromatic carbocycles. The molecule has 0 bridgehead atoms. The third-order valence-corrected chi connectivity index (χ3v) is 2.49. The van der Waals surface area contributed by atoms with Crippen molar-refractivity contribution < 1.29 is 23.4 Å². The van der Waals surface area contributed by atoms with Crippen LogP contribution in [0.15, 0.2) is 18.2 Å². The van der Waals surface area contributed by atoms with Gasteiger partial charge in [0.05, 0.1) is 0 Å². The summed E-state index contributed by atoms with van der Waals surface area (Å²) < 4.78 is 29.2. The van der Waals surface area contributed by atoms with Crippen molar-refractivity contribution in [1.29, 1.82) is 0 Å². The Bertz CT molecular complexity index is 438. The molecule has 1 rings (SSSR count). The minimum absolute atomic E-state index is 0.278. The number of rotatable bonds is 6. The van der Waals surface area contributed by atoms with E-state index < -0.39 is 25.0 Å². The summed E-state index contributed by atoms with van der Waals surface area (Å²) in [7, 11) is 0. The molecule has 1 atom stereocenters. The van der Waals surface area contributed by atoms with Crippen molar-refractivity contribution in [3.05, 3.63) is 29.3 Å². The van der Waals surface area contributed by atoms with Crippen molar-refractivity contribution in [2.24, 2.45) is 0 Å². The minimum atomic E-state index is -2.87. The highest BCUT2D eigenvalue weighted by Crippen LogP contribution is 2.18. The number of aliphatic hydroxyl groups is 1. The Kier molecular flexibility index (Phi) is 5.69. The van der Waals surface area contributed by atoms with Crippen molar-refractivity contribution in [3.63, 3.8) is 0 Å². The standard InChI is InChI=1S/C13H17F2NO3/c1-8-3-4-11(9(2)5-8)19-7-12(18)16-6-10(17)13(14)15/h3-5,10,13,17H,6-7H2,1-2H3,(H,16,18). The van der Waals surface area contributed by atoms with Crippen LogP contribution in [0, 0.1) is 13.8 Å². The quantitative estimate of drug-likeness (QED) is 0.824. The van der Waals surface area contributed by atoms with E-state index in [1.54, 1.807) is 6.07 Å². The van der Waals surface area contributed by atoms with Gasteiger partial charge >= 0.3 is 0 Å². The lowest BCUT2D eigenvalue weighted by Crippen LogP contribution is -2.38. The molecule has 0 aromatic heterocycles. The Hall–Kier alpha value is -1.69. The number of ether oxygens (including phenoxy) is 1. The fraction of sp³-hybridized carbons (Fsp3) is 0.462. The van der Waals surface area contributed by atoms with Crippen LogP contribution in [-0.4, -0.2) is 36.7 Å². The van der Waals surface area contributed by atoms with E-state index in [1.807, 2.05) is 26.0 Å². The molecule has 0 radical (unpaired) electrons. The van der Waals surface area contributed by atoms with E-state index in [2.05, 4.69) is 5.32 Å². The van der Waals surface area contributed by atoms with Crippen molar-refractivity contribution in [3.8, 4) is 5.75 Å². The van der Waals surface area contributed by atoms with Crippen LogP contribution in [0.1, 0.15) is 11.1 Å². The van der Waals surface area contributed by atoms with E-state index in [1.165, 1.54) is 0 Å². The predicted molar refractivity (Wildman–Crippen MR) is 66.4 cm³/mol. The normalized spacial score (nSPS) is 12.3. The number of carbonyl (C=O) groups excluding carboxylic acids is 1. The van der Waals surface area contributed by atoms with E-state index >= 15 is 0 Å². The van der Waals surface area contributed by atoms with Crippen LogP contribution in [0.25, 0.3) is 0 Å². The van der Waals surface area contributed by atoms with Crippen molar-refractivity contribution in [2.75, 3.05) is 13.2 Å². The smallest absolute Gasteiger partial charge is 0.265 e. The summed E-state index contributed by atoms with van der Waals surface area (Å²) >= 11 is 0. The molecule has 1 amide bonds. The number of nitrogens with one attached hydrogen (secondary N) is 1. The first kappa shape index (κ1) is 15.4. The molecule has 0 aliphatic rings. The molecule has 0 heterocycles. The molecule has 4 nitrogen and oxygen atoms in total. The van der Waals surface area contributed by atoms with E-state index in [-0.39, 0.29) is 6.61 Å². The number of benzene rings is 1. The number of alkyl halides is 2. The first-order valence-corrected chi connectivity index (χ1v) is 5.83. The first-order valence-electron chi connectivity index (χ1n) is 5.83. The van der Waals surface area contributed by atoms with Gasteiger partial charge in [0.2, 0.25) is 0 Å². The number of aliphatic hydroxyl groups excluding tert-OH is 1. The summed E-state index contributed by atoms with van der Waals surface area (Å²) in [6.07, 6.45) is -4.73. The second-order valence-corrected chi connectivity index (χ2v) is 4.26. The van der Waals surface area contributed by atoms with Crippen molar-refractivity contribution in [1.82, 2.24) is 5.32 Å². The van der Waals surface area contributed by atoms with Crippen molar-refractivity contribution in [2.45, 2.75) is 26.4 Å². The van der Waals surface area contributed by atoms with Gasteiger partial charge in [0.25, 0.3) is 12.3 Å². The van der Waals surface area contributed by atoms with E-state index in [0.717, 1.165) is 11.1 Å².